The molecule has 2 atom stereocenters. The van der Waals surface area contributed by atoms with E-state index >= 15 is 0 Å². The molecule has 0 saturated carbocycles. The van der Waals surface area contributed by atoms with Crippen molar-refractivity contribution in [1.82, 2.24) is 14.7 Å². The van der Waals surface area contributed by atoms with Crippen molar-refractivity contribution < 1.29 is 14.0 Å². The van der Waals surface area contributed by atoms with Gasteiger partial charge in [0.15, 0.2) is 5.58 Å². The summed E-state index contributed by atoms with van der Waals surface area (Å²) in [6, 6.07) is 8.43. The summed E-state index contributed by atoms with van der Waals surface area (Å²) in [7, 11) is 0. The molecular formula is C22H28N4O3. The lowest BCUT2D eigenvalue weighted by Crippen LogP contribution is -2.52. The molecule has 3 saturated heterocycles. The third-order valence-electron chi connectivity index (χ3n) is 6.67. The third kappa shape index (κ3) is 3.17. The number of furan rings is 1. The summed E-state index contributed by atoms with van der Waals surface area (Å²) < 4.78 is 5.71. The van der Waals surface area contributed by atoms with Gasteiger partial charge < -0.3 is 14.2 Å². The van der Waals surface area contributed by atoms with Crippen LogP contribution in [0.5, 0.6) is 0 Å². The molecule has 7 nitrogen and oxygen atoms in total. The quantitative estimate of drug-likeness (QED) is 0.728. The number of nitrogens with zero attached hydrogens (tertiary/aromatic N) is 4. The molecule has 0 aliphatic carbocycles. The number of para-hydroxylation sites is 1. The zero-order valence-corrected chi connectivity index (χ0v) is 16.9. The summed E-state index contributed by atoms with van der Waals surface area (Å²) in [5.74, 6) is 0.0110. The molecule has 0 bridgehead atoms. The van der Waals surface area contributed by atoms with E-state index in [0.717, 1.165) is 68.6 Å². The minimum absolute atomic E-state index is 0.0110. The molecule has 4 heterocycles. The van der Waals surface area contributed by atoms with E-state index in [-0.39, 0.29) is 18.0 Å². The molecule has 1 aromatic heterocycles. The van der Waals surface area contributed by atoms with Gasteiger partial charge in [-0.3, -0.25) is 14.6 Å². The summed E-state index contributed by atoms with van der Waals surface area (Å²) in [5.41, 5.74) is 2.12. The van der Waals surface area contributed by atoms with E-state index in [1.807, 2.05) is 6.07 Å². The average molecular weight is 396 g/mol. The number of rotatable bonds is 5. The van der Waals surface area contributed by atoms with Crippen molar-refractivity contribution in [2.75, 3.05) is 44.2 Å². The van der Waals surface area contributed by atoms with Gasteiger partial charge in [-0.05, 0) is 38.3 Å². The number of carbonyl (C=O) groups excluding carboxylic acids is 2. The Morgan fingerprint density at radius 2 is 2.00 bits per heavy atom. The number of carbonyl (C=O) groups is 2. The summed E-state index contributed by atoms with van der Waals surface area (Å²) in [6.45, 7) is 7.27. The molecule has 2 aromatic rings. The molecule has 3 fully saturated rings. The van der Waals surface area contributed by atoms with Gasteiger partial charge in [0, 0.05) is 50.7 Å². The number of amides is 3. The molecule has 2 unspecified atom stereocenters. The molecule has 3 aliphatic heterocycles. The first-order valence-electron chi connectivity index (χ1n) is 10.7. The number of imide groups is 1. The third-order valence-corrected chi connectivity index (χ3v) is 6.67. The van der Waals surface area contributed by atoms with Gasteiger partial charge in [-0.25, -0.2) is 4.79 Å². The van der Waals surface area contributed by atoms with Crippen LogP contribution in [-0.4, -0.2) is 78.0 Å². The minimum atomic E-state index is -0.186. The SMILES string of the molecule is CC1CN(c2cccc3ccoc23)CCN1CCCN1C(=O)C2CCCN2C1=O. The van der Waals surface area contributed by atoms with Gasteiger partial charge in [0.05, 0.1) is 12.0 Å². The van der Waals surface area contributed by atoms with E-state index in [0.29, 0.717) is 12.6 Å². The Hall–Kier alpha value is -2.54. The maximum absolute atomic E-state index is 12.5. The number of hydrogen-bond acceptors (Lipinski definition) is 5. The Morgan fingerprint density at radius 1 is 1.10 bits per heavy atom. The molecule has 0 N–H and O–H groups in total. The van der Waals surface area contributed by atoms with Crippen LogP contribution in [0.1, 0.15) is 26.2 Å². The van der Waals surface area contributed by atoms with E-state index < -0.39 is 0 Å². The standard InChI is InChI=1S/C22H28N4O3/c1-16-15-24(18-6-2-5-17-8-14-29-20(17)18)13-12-23(16)9-4-11-26-21(27)19-7-3-10-25(19)22(26)28/h2,5-6,8,14,16,19H,3-4,7,9-13,15H2,1H3. The highest BCUT2D eigenvalue weighted by Crippen LogP contribution is 2.30. The first kappa shape index (κ1) is 18.5. The van der Waals surface area contributed by atoms with Crippen LogP contribution >= 0.6 is 0 Å². The number of benzene rings is 1. The number of piperazine rings is 1. The first-order chi connectivity index (χ1) is 14.1. The van der Waals surface area contributed by atoms with Crippen molar-refractivity contribution in [3.8, 4) is 0 Å². The average Bonchev–Trinajstić information content (AvgIpc) is 3.44. The van der Waals surface area contributed by atoms with Crippen molar-refractivity contribution in [2.24, 2.45) is 0 Å². The fourth-order valence-corrected chi connectivity index (χ4v) is 5.09. The molecule has 7 heteroatoms. The molecule has 3 amide bonds. The highest BCUT2D eigenvalue weighted by Gasteiger charge is 2.46. The van der Waals surface area contributed by atoms with E-state index in [9.17, 15) is 9.59 Å². The number of hydrogen-bond donors (Lipinski definition) is 0. The topological polar surface area (TPSA) is 60.2 Å². The van der Waals surface area contributed by atoms with Crippen LogP contribution in [0.4, 0.5) is 10.5 Å². The molecular weight excluding hydrogens is 368 g/mol. The normalized spacial score (nSPS) is 25.5. The van der Waals surface area contributed by atoms with Gasteiger partial charge in [0.1, 0.15) is 6.04 Å². The summed E-state index contributed by atoms with van der Waals surface area (Å²) in [6.07, 6.45) is 4.35. The van der Waals surface area contributed by atoms with Crippen molar-refractivity contribution >= 4 is 28.6 Å². The zero-order chi connectivity index (χ0) is 20.0. The highest BCUT2D eigenvalue weighted by molar-refractivity contribution is 6.04. The molecule has 1 aromatic carbocycles. The highest BCUT2D eigenvalue weighted by atomic mass is 16.3. The van der Waals surface area contributed by atoms with E-state index in [2.05, 4.69) is 34.9 Å². The largest absolute Gasteiger partial charge is 0.462 e. The number of fused-ring (bicyclic) bond motifs is 2. The Bertz CT molecular complexity index is 904. The second kappa shape index (κ2) is 7.37. The molecule has 0 spiro atoms. The van der Waals surface area contributed by atoms with Gasteiger partial charge in [-0.1, -0.05) is 12.1 Å². The van der Waals surface area contributed by atoms with Crippen LogP contribution in [0.2, 0.25) is 0 Å². The Balaban J connectivity index is 1.16. The number of anilines is 1. The smallest absolute Gasteiger partial charge is 0.327 e. The van der Waals surface area contributed by atoms with E-state index in [1.54, 1.807) is 11.2 Å². The molecule has 29 heavy (non-hydrogen) atoms. The predicted octanol–water partition coefficient (Wildman–Crippen LogP) is 2.76. The van der Waals surface area contributed by atoms with Crippen LogP contribution < -0.4 is 4.90 Å². The lowest BCUT2D eigenvalue weighted by Gasteiger charge is -2.41. The summed E-state index contributed by atoms with van der Waals surface area (Å²) in [5, 5.41) is 1.14. The van der Waals surface area contributed by atoms with Crippen LogP contribution in [0.3, 0.4) is 0 Å². The van der Waals surface area contributed by atoms with Crippen molar-refractivity contribution in [2.45, 2.75) is 38.3 Å². The predicted molar refractivity (Wildman–Crippen MR) is 111 cm³/mol. The van der Waals surface area contributed by atoms with Crippen LogP contribution in [0.25, 0.3) is 11.0 Å². The van der Waals surface area contributed by atoms with Gasteiger partial charge in [0.2, 0.25) is 0 Å². The summed E-state index contributed by atoms with van der Waals surface area (Å²) in [4.78, 5) is 33.0. The lowest BCUT2D eigenvalue weighted by atomic mass is 10.1. The second-order valence-electron chi connectivity index (χ2n) is 8.42. The van der Waals surface area contributed by atoms with E-state index in [1.165, 1.54) is 4.90 Å². The Labute approximate surface area is 170 Å². The fraction of sp³-hybridized carbons (Fsp3) is 0.545. The zero-order valence-electron chi connectivity index (χ0n) is 16.9. The monoisotopic (exact) mass is 396 g/mol. The Kier molecular flexibility index (Phi) is 4.70. The van der Waals surface area contributed by atoms with Crippen LogP contribution in [0.15, 0.2) is 34.9 Å². The molecule has 3 aliphatic rings. The van der Waals surface area contributed by atoms with Gasteiger partial charge >= 0.3 is 6.03 Å². The van der Waals surface area contributed by atoms with Crippen molar-refractivity contribution in [3.63, 3.8) is 0 Å². The number of urea groups is 1. The maximum atomic E-state index is 12.5. The first-order valence-corrected chi connectivity index (χ1v) is 10.7. The minimum Gasteiger partial charge on any atom is -0.462 e. The Morgan fingerprint density at radius 3 is 2.83 bits per heavy atom. The summed E-state index contributed by atoms with van der Waals surface area (Å²) >= 11 is 0. The van der Waals surface area contributed by atoms with Gasteiger partial charge in [0.25, 0.3) is 5.91 Å². The fourth-order valence-electron chi connectivity index (χ4n) is 5.09. The van der Waals surface area contributed by atoms with Crippen molar-refractivity contribution in [3.05, 3.63) is 30.5 Å². The lowest BCUT2D eigenvalue weighted by molar-refractivity contribution is -0.128. The van der Waals surface area contributed by atoms with Crippen LogP contribution in [0, 0.1) is 0 Å². The molecule has 5 rings (SSSR count). The second-order valence-corrected chi connectivity index (χ2v) is 8.42. The van der Waals surface area contributed by atoms with Gasteiger partial charge in [-0.2, -0.15) is 0 Å². The van der Waals surface area contributed by atoms with Crippen molar-refractivity contribution in [1.29, 1.82) is 0 Å². The maximum Gasteiger partial charge on any atom is 0.327 e. The van der Waals surface area contributed by atoms with Gasteiger partial charge in [-0.15, -0.1) is 0 Å². The van der Waals surface area contributed by atoms with Crippen LogP contribution in [-0.2, 0) is 4.79 Å². The van der Waals surface area contributed by atoms with E-state index in [4.69, 9.17) is 4.42 Å². The molecule has 0 radical (unpaired) electrons. The molecule has 154 valence electrons.